The quantitative estimate of drug-likeness (QED) is 0.606. The Kier molecular flexibility index (Phi) is 2.47. The Morgan fingerprint density at radius 3 is 2.38 bits per heavy atom. The first-order valence-electron chi connectivity index (χ1n) is 3.60. The Morgan fingerprint density at radius 1 is 1.31 bits per heavy atom. The zero-order chi connectivity index (χ0) is 10.0. The van der Waals surface area contributed by atoms with Gasteiger partial charge in [0.15, 0.2) is 11.6 Å². The van der Waals surface area contributed by atoms with E-state index in [0.29, 0.717) is 0 Å². The monoisotopic (exact) mass is 182 g/mol. The number of rotatable bonds is 1. The average Bonchev–Trinajstić information content (AvgIpc) is 2.08. The summed E-state index contributed by atoms with van der Waals surface area (Å²) >= 11 is 0. The number of anilines is 1. The van der Waals surface area contributed by atoms with E-state index in [1.807, 2.05) is 0 Å². The predicted octanol–water partition coefficient (Wildman–Crippen LogP) is 2.58. The Bertz CT molecular complexity index is 367. The molecule has 0 aromatic heterocycles. The molecule has 4 heteroatoms. The number of benzene rings is 1. The molecule has 0 radical (unpaired) electrons. The second kappa shape index (κ2) is 3.40. The first kappa shape index (κ1) is 9.46. The maximum absolute atomic E-state index is 13.1. The van der Waals surface area contributed by atoms with Gasteiger partial charge in [-0.3, -0.25) is 0 Å². The Labute approximate surface area is 75.2 Å². The fraction of sp³-hybridized carbons (Fsp3) is 0.222. The van der Waals surface area contributed by atoms with E-state index < -0.39 is 11.6 Å². The molecular weight excluding hydrogens is 174 g/mol. The van der Waals surface area contributed by atoms with Crippen LogP contribution in [0.15, 0.2) is 12.1 Å². The molecule has 0 atom stereocenters. The third-order valence-corrected chi connectivity index (χ3v) is 1.62. The van der Waals surface area contributed by atoms with Crippen LogP contribution in [0.25, 0.3) is 4.85 Å². The van der Waals surface area contributed by atoms with E-state index in [1.165, 1.54) is 11.0 Å². The van der Waals surface area contributed by atoms with Gasteiger partial charge in [0.25, 0.3) is 0 Å². The van der Waals surface area contributed by atoms with Crippen molar-refractivity contribution in [2.75, 3.05) is 19.0 Å². The molecule has 1 aromatic carbocycles. The highest BCUT2D eigenvalue weighted by atomic mass is 19.2. The van der Waals surface area contributed by atoms with Crippen LogP contribution in [0.4, 0.5) is 20.2 Å². The van der Waals surface area contributed by atoms with Crippen LogP contribution in [0, 0.1) is 18.2 Å². The van der Waals surface area contributed by atoms with E-state index in [4.69, 9.17) is 6.57 Å². The van der Waals surface area contributed by atoms with E-state index >= 15 is 0 Å². The minimum atomic E-state index is -0.974. The van der Waals surface area contributed by atoms with Gasteiger partial charge in [-0.05, 0) is 6.07 Å². The normalized spacial score (nSPS) is 9.46. The summed E-state index contributed by atoms with van der Waals surface area (Å²) < 4.78 is 25.9. The van der Waals surface area contributed by atoms with Crippen molar-refractivity contribution >= 4 is 11.4 Å². The van der Waals surface area contributed by atoms with Crippen LogP contribution in [-0.2, 0) is 0 Å². The summed E-state index contributed by atoms with van der Waals surface area (Å²) in [6, 6.07) is 2.22. The van der Waals surface area contributed by atoms with Gasteiger partial charge in [-0.15, -0.1) is 0 Å². The molecule has 2 nitrogen and oxygen atoms in total. The lowest BCUT2D eigenvalue weighted by Gasteiger charge is -2.15. The zero-order valence-corrected chi connectivity index (χ0v) is 7.31. The van der Waals surface area contributed by atoms with E-state index in [1.54, 1.807) is 14.1 Å². The molecule has 1 aromatic rings. The molecule has 1 rings (SSSR count). The molecule has 0 aliphatic heterocycles. The average molecular weight is 182 g/mol. The summed E-state index contributed by atoms with van der Waals surface area (Å²) in [7, 11) is 3.12. The predicted molar refractivity (Wildman–Crippen MR) is 46.9 cm³/mol. The molecule has 0 amide bonds. The third kappa shape index (κ3) is 1.59. The number of nitrogens with zero attached hydrogens (tertiary/aromatic N) is 2. The smallest absolute Gasteiger partial charge is 0.212 e. The summed E-state index contributed by atoms with van der Waals surface area (Å²) in [5.74, 6) is -1.91. The molecule has 0 spiro atoms. The second-order valence-electron chi connectivity index (χ2n) is 2.74. The van der Waals surface area contributed by atoms with Crippen molar-refractivity contribution in [2.24, 2.45) is 0 Å². The van der Waals surface area contributed by atoms with Crippen LogP contribution in [0.2, 0.25) is 0 Å². The van der Waals surface area contributed by atoms with E-state index in [9.17, 15) is 8.78 Å². The van der Waals surface area contributed by atoms with Crippen molar-refractivity contribution in [3.8, 4) is 0 Å². The molecule has 0 aliphatic carbocycles. The summed E-state index contributed by atoms with van der Waals surface area (Å²) in [6.07, 6.45) is 0. The first-order valence-corrected chi connectivity index (χ1v) is 3.60. The fourth-order valence-corrected chi connectivity index (χ4v) is 1.05. The van der Waals surface area contributed by atoms with Crippen LogP contribution in [0.1, 0.15) is 0 Å². The number of hydrogen-bond acceptors (Lipinski definition) is 1. The van der Waals surface area contributed by atoms with Crippen molar-refractivity contribution in [1.82, 2.24) is 0 Å². The highest BCUT2D eigenvalue weighted by Gasteiger charge is 2.14. The summed E-state index contributed by atoms with van der Waals surface area (Å²) in [5.41, 5.74) is 0.110. The van der Waals surface area contributed by atoms with E-state index in [0.717, 1.165) is 6.07 Å². The molecule has 0 saturated carbocycles. The molecule has 0 bridgehead atoms. The van der Waals surface area contributed by atoms with Gasteiger partial charge in [0.05, 0.1) is 12.3 Å². The van der Waals surface area contributed by atoms with E-state index in [-0.39, 0.29) is 11.4 Å². The lowest BCUT2D eigenvalue weighted by Crippen LogP contribution is -2.11. The largest absolute Gasteiger partial charge is 0.384 e. The fourth-order valence-electron chi connectivity index (χ4n) is 1.05. The van der Waals surface area contributed by atoms with Gasteiger partial charge in [0.2, 0.25) is 5.69 Å². The van der Waals surface area contributed by atoms with Crippen molar-refractivity contribution in [3.05, 3.63) is 35.2 Å². The molecule has 13 heavy (non-hydrogen) atoms. The SMILES string of the molecule is [C-]#[N+]c1ccc(F)c(F)c1N(C)C. The zero-order valence-electron chi connectivity index (χ0n) is 7.31. The molecule has 0 aliphatic rings. The van der Waals surface area contributed by atoms with Crippen LogP contribution in [0.5, 0.6) is 0 Å². The molecule has 0 unspecified atom stereocenters. The van der Waals surface area contributed by atoms with Gasteiger partial charge in [-0.1, -0.05) is 6.07 Å². The van der Waals surface area contributed by atoms with Gasteiger partial charge in [-0.2, -0.15) is 0 Å². The maximum atomic E-state index is 13.1. The molecule has 68 valence electrons. The van der Waals surface area contributed by atoms with Crippen molar-refractivity contribution in [2.45, 2.75) is 0 Å². The Balaban J connectivity index is 3.43. The Morgan fingerprint density at radius 2 is 1.92 bits per heavy atom. The molecule has 0 N–H and O–H groups in total. The number of halogens is 2. The lowest BCUT2D eigenvalue weighted by atomic mass is 10.2. The second-order valence-corrected chi connectivity index (χ2v) is 2.74. The minimum absolute atomic E-state index is 0.00463. The highest BCUT2D eigenvalue weighted by Crippen LogP contribution is 2.31. The molecular formula is C9H8F2N2. The first-order chi connectivity index (χ1) is 6.07. The molecule has 0 fully saturated rings. The van der Waals surface area contributed by atoms with Gasteiger partial charge in [0, 0.05) is 14.1 Å². The lowest BCUT2D eigenvalue weighted by molar-refractivity contribution is 0.509. The number of hydrogen-bond donors (Lipinski definition) is 0. The molecule has 0 saturated heterocycles. The van der Waals surface area contributed by atoms with Crippen molar-refractivity contribution < 1.29 is 8.78 Å². The van der Waals surface area contributed by atoms with Crippen molar-refractivity contribution in [1.29, 1.82) is 0 Å². The van der Waals surface area contributed by atoms with Crippen LogP contribution >= 0.6 is 0 Å². The summed E-state index contributed by atoms with van der Waals surface area (Å²) in [6.45, 7) is 6.75. The minimum Gasteiger partial charge on any atom is -0.384 e. The topological polar surface area (TPSA) is 7.60 Å². The molecule has 0 heterocycles. The third-order valence-electron chi connectivity index (χ3n) is 1.62. The maximum Gasteiger partial charge on any atom is 0.212 e. The van der Waals surface area contributed by atoms with Crippen LogP contribution in [-0.4, -0.2) is 14.1 Å². The van der Waals surface area contributed by atoms with Gasteiger partial charge in [-0.25, -0.2) is 13.6 Å². The summed E-state index contributed by atoms with van der Waals surface area (Å²) in [4.78, 5) is 4.48. The van der Waals surface area contributed by atoms with Gasteiger partial charge >= 0.3 is 0 Å². The van der Waals surface area contributed by atoms with Gasteiger partial charge < -0.3 is 4.90 Å². The standard InChI is InChI=1S/C9H8F2N2/c1-12-7-5-4-6(10)8(11)9(7)13(2)3/h4-5H,2-3H3. The van der Waals surface area contributed by atoms with Crippen molar-refractivity contribution in [3.63, 3.8) is 0 Å². The summed E-state index contributed by atoms with van der Waals surface area (Å²) in [5, 5.41) is 0. The Hall–Kier alpha value is -1.63. The highest BCUT2D eigenvalue weighted by molar-refractivity contribution is 5.71. The van der Waals surface area contributed by atoms with Gasteiger partial charge in [0.1, 0.15) is 0 Å². The van der Waals surface area contributed by atoms with Crippen LogP contribution in [0.3, 0.4) is 0 Å². The van der Waals surface area contributed by atoms with Crippen LogP contribution < -0.4 is 4.90 Å². The van der Waals surface area contributed by atoms with E-state index in [2.05, 4.69) is 4.85 Å².